The third-order valence-electron chi connectivity index (χ3n) is 6.84. The molecule has 1 saturated carbocycles. The molecule has 8 nitrogen and oxygen atoms in total. The summed E-state index contributed by atoms with van der Waals surface area (Å²) < 4.78 is 19.6. The Hall–Kier alpha value is -2.41. The number of nitrogen functional groups attached to an aromatic ring is 1. The lowest BCUT2D eigenvalue weighted by atomic mass is 9.79. The van der Waals surface area contributed by atoms with Gasteiger partial charge in [0.1, 0.15) is 23.5 Å². The van der Waals surface area contributed by atoms with Crippen molar-refractivity contribution in [1.82, 2.24) is 19.4 Å². The van der Waals surface area contributed by atoms with E-state index >= 15 is 0 Å². The summed E-state index contributed by atoms with van der Waals surface area (Å²) in [5.41, 5.74) is 9.20. The van der Waals surface area contributed by atoms with Crippen LogP contribution in [-0.4, -0.2) is 63.4 Å². The molecule has 5 rings (SSSR count). The summed E-state index contributed by atoms with van der Waals surface area (Å²) >= 11 is 0. The van der Waals surface area contributed by atoms with E-state index in [9.17, 15) is 9.46 Å². The Kier molecular flexibility index (Phi) is 6.16. The lowest BCUT2D eigenvalue weighted by molar-refractivity contribution is 0.0921. The average Bonchev–Trinajstić information content (AvgIpc) is 3.09. The van der Waals surface area contributed by atoms with E-state index in [1.807, 2.05) is 24.3 Å². The van der Waals surface area contributed by atoms with Crippen LogP contribution in [0.4, 0.5) is 5.82 Å². The van der Waals surface area contributed by atoms with Gasteiger partial charge in [-0.25, -0.2) is 9.97 Å². The summed E-state index contributed by atoms with van der Waals surface area (Å²) in [6.45, 7) is 5.48. The molecule has 2 fully saturated rings. The van der Waals surface area contributed by atoms with Gasteiger partial charge in [-0.3, -0.25) is 4.57 Å². The maximum Gasteiger partial charge on any atom is 0.197 e. The minimum Gasteiger partial charge on any atom is -0.494 e. The van der Waals surface area contributed by atoms with Crippen molar-refractivity contribution in [3.63, 3.8) is 0 Å². The van der Waals surface area contributed by atoms with E-state index in [-0.39, 0.29) is 6.16 Å². The van der Waals surface area contributed by atoms with Crippen LogP contribution in [0.2, 0.25) is 0 Å². The molecule has 0 amide bonds. The first-order chi connectivity index (χ1) is 15.9. The number of benzene rings is 1. The predicted octanol–water partition coefficient (Wildman–Crippen LogP) is 4.01. The molecular weight excluding hydrogens is 437 g/mol. The third kappa shape index (κ3) is 4.93. The van der Waals surface area contributed by atoms with Gasteiger partial charge in [-0.1, -0.05) is 12.1 Å². The zero-order valence-corrected chi connectivity index (χ0v) is 20.0. The minimum absolute atomic E-state index is 0.258. The molecule has 1 saturated heterocycles. The molecule has 2 aliphatic rings. The average molecular weight is 470 g/mol. The van der Waals surface area contributed by atoms with Gasteiger partial charge in [-0.2, -0.15) is 0 Å². The molecule has 33 heavy (non-hydrogen) atoms. The van der Waals surface area contributed by atoms with E-state index in [0.29, 0.717) is 24.9 Å². The standard InChI is InChI=1S/C24H32N5O3P/c1-33(30,31)10-4-9-32-20-6-2-5-18(13-20)21-15-29(24-22(21)23(25)26-16-27-24)19-11-17(12-19)14-28-7-3-8-28/h2,5-6,13,15-17,19H,3-4,7-12,14H2,1H3,(H,30,31)(H2,25,26,27). The zero-order valence-electron chi connectivity index (χ0n) is 19.1. The molecule has 3 heterocycles. The first-order valence-electron chi connectivity index (χ1n) is 11.7. The van der Waals surface area contributed by atoms with Gasteiger partial charge in [-0.05, 0) is 62.4 Å². The summed E-state index contributed by atoms with van der Waals surface area (Å²) in [5, 5.41) is 0.882. The van der Waals surface area contributed by atoms with E-state index in [0.717, 1.165) is 33.8 Å². The molecule has 0 bridgehead atoms. The van der Waals surface area contributed by atoms with Crippen LogP contribution < -0.4 is 10.5 Å². The van der Waals surface area contributed by atoms with Crippen LogP contribution in [0.25, 0.3) is 22.2 Å². The summed E-state index contributed by atoms with van der Waals surface area (Å²) in [6.07, 6.45) is 8.17. The Bertz CT molecular complexity index is 1180. The second-order valence-electron chi connectivity index (χ2n) is 9.56. The summed E-state index contributed by atoms with van der Waals surface area (Å²) in [5.74, 6) is 1.97. The summed E-state index contributed by atoms with van der Waals surface area (Å²) in [4.78, 5) is 20.8. The van der Waals surface area contributed by atoms with Crippen LogP contribution in [0.15, 0.2) is 36.8 Å². The normalized spacial score (nSPS) is 22.5. The molecule has 1 aliphatic carbocycles. The van der Waals surface area contributed by atoms with Crippen LogP contribution in [0, 0.1) is 5.92 Å². The van der Waals surface area contributed by atoms with Gasteiger partial charge in [0.05, 0.1) is 12.0 Å². The quantitative estimate of drug-likeness (QED) is 0.360. The molecule has 176 valence electrons. The fourth-order valence-corrected chi connectivity index (χ4v) is 5.63. The van der Waals surface area contributed by atoms with Crippen molar-refractivity contribution in [2.75, 3.05) is 44.8 Å². The number of aromatic nitrogens is 3. The van der Waals surface area contributed by atoms with Crippen molar-refractivity contribution in [3.8, 4) is 16.9 Å². The first-order valence-corrected chi connectivity index (χ1v) is 14.0. The molecule has 1 atom stereocenters. The monoisotopic (exact) mass is 469 g/mol. The van der Waals surface area contributed by atoms with Crippen molar-refractivity contribution < 1.29 is 14.2 Å². The number of hydrogen-bond acceptors (Lipinski definition) is 6. The molecular formula is C24H32N5O3P. The number of ether oxygens (including phenoxy) is 1. The molecule has 0 radical (unpaired) electrons. The first kappa shape index (κ1) is 22.4. The van der Waals surface area contributed by atoms with Gasteiger partial charge in [-0.15, -0.1) is 0 Å². The Balaban J connectivity index is 1.36. The van der Waals surface area contributed by atoms with E-state index in [1.165, 1.54) is 45.6 Å². The largest absolute Gasteiger partial charge is 0.494 e. The van der Waals surface area contributed by atoms with Gasteiger partial charge >= 0.3 is 0 Å². The number of hydrogen-bond donors (Lipinski definition) is 2. The number of likely N-dealkylation sites (tertiary alicyclic amines) is 1. The molecule has 1 unspecified atom stereocenters. The minimum atomic E-state index is -3.01. The van der Waals surface area contributed by atoms with Crippen LogP contribution in [0.1, 0.15) is 31.7 Å². The second kappa shape index (κ2) is 9.09. The van der Waals surface area contributed by atoms with Crippen molar-refractivity contribution >= 4 is 24.2 Å². The number of fused-ring (bicyclic) bond motifs is 1. The molecule has 1 aromatic carbocycles. The van der Waals surface area contributed by atoms with Gasteiger partial charge in [0.2, 0.25) is 0 Å². The highest BCUT2D eigenvalue weighted by molar-refractivity contribution is 7.57. The van der Waals surface area contributed by atoms with E-state index in [1.54, 1.807) is 6.33 Å². The highest BCUT2D eigenvalue weighted by Crippen LogP contribution is 2.43. The van der Waals surface area contributed by atoms with Crippen molar-refractivity contribution in [2.24, 2.45) is 5.92 Å². The Labute approximate surface area is 194 Å². The van der Waals surface area contributed by atoms with Crippen LogP contribution in [-0.2, 0) is 4.57 Å². The van der Waals surface area contributed by atoms with E-state index < -0.39 is 7.37 Å². The summed E-state index contributed by atoms with van der Waals surface area (Å²) in [6, 6.07) is 8.32. The molecule has 0 spiro atoms. The van der Waals surface area contributed by atoms with Crippen LogP contribution in [0.3, 0.4) is 0 Å². The highest BCUT2D eigenvalue weighted by atomic mass is 31.2. The molecule has 3 aromatic rings. The maximum absolute atomic E-state index is 11.5. The number of anilines is 1. The SMILES string of the molecule is CP(=O)(O)CCCOc1cccc(-c2cn(C3CC(CN4CCC4)C3)c3ncnc(N)c23)c1. The molecule has 1 aliphatic heterocycles. The number of nitrogens with zero attached hydrogens (tertiary/aromatic N) is 4. The van der Waals surface area contributed by atoms with Crippen LogP contribution >= 0.6 is 7.37 Å². The Morgan fingerprint density at radius 1 is 1.27 bits per heavy atom. The lowest BCUT2D eigenvalue weighted by Crippen LogP contribution is -2.43. The van der Waals surface area contributed by atoms with Crippen molar-refractivity contribution in [2.45, 2.75) is 31.7 Å². The van der Waals surface area contributed by atoms with Crippen LogP contribution in [0.5, 0.6) is 5.75 Å². The highest BCUT2D eigenvalue weighted by Gasteiger charge is 2.34. The summed E-state index contributed by atoms with van der Waals surface area (Å²) in [7, 11) is -3.01. The topological polar surface area (TPSA) is 106 Å². The van der Waals surface area contributed by atoms with E-state index in [4.69, 9.17) is 10.5 Å². The zero-order chi connectivity index (χ0) is 23.0. The molecule has 2 aromatic heterocycles. The predicted molar refractivity (Wildman–Crippen MR) is 131 cm³/mol. The Morgan fingerprint density at radius 2 is 2.09 bits per heavy atom. The number of rotatable bonds is 9. The fourth-order valence-electron chi connectivity index (χ4n) is 4.91. The van der Waals surface area contributed by atoms with Gasteiger partial charge in [0.15, 0.2) is 7.37 Å². The van der Waals surface area contributed by atoms with Gasteiger partial charge in [0, 0.05) is 37.2 Å². The lowest BCUT2D eigenvalue weighted by Gasteiger charge is -2.42. The molecule has 3 N–H and O–H groups in total. The molecule has 9 heteroatoms. The maximum atomic E-state index is 11.5. The smallest absolute Gasteiger partial charge is 0.197 e. The van der Waals surface area contributed by atoms with Gasteiger partial charge < -0.3 is 24.8 Å². The second-order valence-corrected chi connectivity index (χ2v) is 12.1. The van der Waals surface area contributed by atoms with Crippen molar-refractivity contribution in [1.29, 1.82) is 0 Å². The Morgan fingerprint density at radius 3 is 2.82 bits per heavy atom. The van der Waals surface area contributed by atoms with E-state index in [2.05, 4.69) is 25.6 Å². The third-order valence-corrected chi connectivity index (χ3v) is 7.99. The van der Waals surface area contributed by atoms with Gasteiger partial charge in [0.25, 0.3) is 0 Å². The van der Waals surface area contributed by atoms with Crippen molar-refractivity contribution in [3.05, 3.63) is 36.8 Å². The fraction of sp³-hybridized carbons (Fsp3) is 0.500. The number of nitrogens with two attached hydrogens (primary N) is 1.